The van der Waals surface area contributed by atoms with E-state index in [1.807, 2.05) is 17.8 Å². The fourth-order valence-electron chi connectivity index (χ4n) is 2.14. The van der Waals surface area contributed by atoms with Crippen LogP contribution in [-0.2, 0) is 13.7 Å². The number of benzene rings is 2. The van der Waals surface area contributed by atoms with E-state index in [1.54, 1.807) is 42.6 Å². The lowest BCUT2D eigenvalue weighted by molar-refractivity contribution is 0.102. The second kappa shape index (κ2) is 6.95. The molecule has 0 saturated heterocycles. The van der Waals surface area contributed by atoms with Crippen molar-refractivity contribution in [2.24, 2.45) is 7.05 Å². The summed E-state index contributed by atoms with van der Waals surface area (Å²) in [6.07, 6.45) is 3.55. The van der Waals surface area contributed by atoms with E-state index in [2.05, 4.69) is 10.3 Å². The van der Waals surface area contributed by atoms with Crippen molar-refractivity contribution in [3.63, 3.8) is 0 Å². The topological polar surface area (TPSA) is 56.2 Å². The van der Waals surface area contributed by atoms with Crippen LogP contribution in [0.25, 0.3) is 0 Å². The van der Waals surface area contributed by atoms with Crippen molar-refractivity contribution in [2.45, 2.75) is 6.61 Å². The predicted octanol–water partition coefficient (Wildman–Crippen LogP) is 3.39. The number of carbonyl (C=O) groups excluding carboxylic acids is 1. The van der Waals surface area contributed by atoms with Crippen molar-refractivity contribution in [1.82, 2.24) is 9.55 Å². The zero-order valence-corrected chi connectivity index (χ0v) is 13.1. The molecule has 2 aromatic carbocycles. The normalized spacial score (nSPS) is 10.4. The molecule has 1 amide bonds. The van der Waals surface area contributed by atoms with Gasteiger partial charge in [-0.2, -0.15) is 0 Å². The van der Waals surface area contributed by atoms with Gasteiger partial charge in [-0.25, -0.2) is 9.37 Å². The van der Waals surface area contributed by atoms with Gasteiger partial charge >= 0.3 is 0 Å². The van der Waals surface area contributed by atoms with Gasteiger partial charge in [-0.05, 0) is 36.4 Å². The smallest absolute Gasteiger partial charge is 0.255 e. The Morgan fingerprint density at radius 2 is 1.96 bits per heavy atom. The third kappa shape index (κ3) is 3.60. The summed E-state index contributed by atoms with van der Waals surface area (Å²) in [5.41, 5.74) is 0.570. The van der Waals surface area contributed by atoms with Crippen LogP contribution in [0.2, 0.25) is 0 Å². The highest BCUT2D eigenvalue weighted by Crippen LogP contribution is 2.17. The molecule has 122 valence electrons. The van der Waals surface area contributed by atoms with Crippen LogP contribution in [0.3, 0.4) is 0 Å². The monoisotopic (exact) mass is 325 g/mol. The summed E-state index contributed by atoms with van der Waals surface area (Å²) in [6, 6.07) is 12.7. The quantitative estimate of drug-likeness (QED) is 0.782. The van der Waals surface area contributed by atoms with Crippen LogP contribution >= 0.6 is 0 Å². The molecule has 3 rings (SSSR count). The number of halogens is 1. The molecule has 5 nitrogen and oxygen atoms in total. The Hall–Kier alpha value is -3.15. The van der Waals surface area contributed by atoms with Crippen LogP contribution in [0.5, 0.6) is 5.75 Å². The Bertz CT molecular complexity index is 843. The highest BCUT2D eigenvalue weighted by atomic mass is 19.1. The molecule has 6 heteroatoms. The highest BCUT2D eigenvalue weighted by Gasteiger charge is 2.09. The molecule has 3 aromatic rings. The van der Waals surface area contributed by atoms with E-state index in [1.165, 1.54) is 12.1 Å². The first-order valence-electron chi connectivity index (χ1n) is 7.38. The number of hydrogen-bond acceptors (Lipinski definition) is 3. The molecule has 0 unspecified atom stereocenters. The fourth-order valence-corrected chi connectivity index (χ4v) is 2.14. The third-order valence-corrected chi connectivity index (χ3v) is 3.53. The molecule has 0 aliphatic heterocycles. The molecule has 1 heterocycles. The third-order valence-electron chi connectivity index (χ3n) is 3.53. The minimum absolute atomic E-state index is 0.151. The number of aromatic nitrogens is 2. The van der Waals surface area contributed by atoms with Gasteiger partial charge in [0.1, 0.15) is 24.0 Å². The Morgan fingerprint density at radius 1 is 1.21 bits per heavy atom. The van der Waals surface area contributed by atoms with E-state index in [4.69, 9.17) is 4.74 Å². The van der Waals surface area contributed by atoms with Gasteiger partial charge in [-0.1, -0.05) is 12.1 Å². The largest absolute Gasteiger partial charge is 0.486 e. The highest BCUT2D eigenvalue weighted by molar-refractivity contribution is 6.04. The van der Waals surface area contributed by atoms with Gasteiger partial charge in [0.25, 0.3) is 5.91 Å². The Balaban J connectivity index is 1.62. The van der Waals surface area contributed by atoms with Gasteiger partial charge in [0, 0.05) is 25.0 Å². The van der Waals surface area contributed by atoms with Gasteiger partial charge in [-0.3, -0.25) is 4.79 Å². The summed E-state index contributed by atoms with van der Waals surface area (Å²) < 4.78 is 21.1. The molecule has 0 saturated carbocycles. The van der Waals surface area contributed by atoms with Crippen molar-refractivity contribution in [3.05, 3.63) is 78.1 Å². The number of imidazole rings is 1. The van der Waals surface area contributed by atoms with Crippen molar-refractivity contribution in [2.75, 3.05) is 5.32 Å². The molecular weight excluding hydrogens is 309 g/mol. The van der Waals surface area contributed by atoms with Crippen LogP contribution in [0, 0.1) is 5.82 Å². The standard InChI is InChI=1S/C18H16FN3O2/c1-22-11-10-20-17(22)12-24-14-8-6-13(7-9-14)18(23)21-16-5-3-2-4-15(16)19/h2-11H,12H2,1H3,(H,21,23). The number of anilines is 1. The SMILES string of the molecule is Cn1ccnc1COc1ccc(C(=O)Nc2ccccc2F)cc1. The summed E-state index contributed by atoms with van der Waals surface area (Å²) in [6.45, 7) is 0.338. The number of nitrogens with zero attached hydrogens (tertiary/aromatic N) is 2. The first-order chi connectivity index (χ1) is 11.6. The van der Waals surface area contributed by atoms with Crippen LogP contribution < -0.4 is 10.1 Å². The van der Waals surface area contributed by atoms with Gasteiger partial charge in [0.05, 0.1) is 5.69 Å². The van der Waals surface area contributed by atoms with Crippen molar-refractivity contribution in [3.8, 4) is 5.75 Å². The molecular formula is C18H16FN3O2. The number of carbonyl (C=O) groups is 1. The molecule has 0 spiro atoms. The molecule has 1 N–H and O–H groups in total. The lowest BCUT2D eigenvalue weighted by Crippen LogP contribution is -2.12. The average Bonchev–Trinajstić information content (AvgIpc) is 3.00. The number of hydrogen-bond donors (Lipinski definition) is 1. The number of amides is 1. The molecule has 0 bridgehead atoms. The number of para-hydroxylation sites is 1. The van der Waals surface area contributed by atoms with E-state index < -0.39 is 5.82 Å². The molecule has 0 radical (unpaired) electrons. The summed E-state index contributed by atoms with van der Waals surface area (Å²) in [5, 5.41) is 2.54. The summed E-state index contributed by atoms with van der Waals surface area (Å²) in [7, 11) is 1.89. The van der Waals surface area contributed by atoms with Crippen LogP contribution in [0.4, 0.5) is 10.1 Å². The Labute approximate surface area is 138 Å². The van der Waals surface area contributed by atoms with E-state index in [-0.39, 0.29) is 11.6 Å². The lowest BCUT2D eigenvalue weighted by Gasteiger charge is -2.08. The molecule has 0 aliphatic rings. The maximum Gasteiger partial charge on any atom is 0.255 e. The van der Waals surface area contributed by atoms with Crippen LogP contribution in [0.15, 0.2) is 60.9 Å². The number of aryl methyl sites for hydroxylation is 1. The second-order valence-electron chi connectivity index (χ2n) is 5.20. The summed E-state index contributed by atoms with van der Waals surface area (Å²) >= 11 is 0. The van der Waals surface area contributed by atoms with Crippen LogP contribution in [0.1, 0.15) is 16.2 Å². The van der Waals surface area contributed by atoms with E-state index >= 15 is 0 Å². The first kappa shape index (κ1) is 15.7. The molecule has 1 aromatic heterocycles. The molecule has 0 fully saturated rings. The van der Waals surface area contributed by atoms with Gasteiger partial charge < -0.3 is 14.6 Å². The van der Waals surface area contributed by atoms with E-state index in [9.17, 15) is 9.18 Å². The van der Waals surface area contributed by atoms with Gasteiger partial charge in [-0.15, -0.1) is 0 Å². The average molecular weight is 325 g/mol. The van der Waals surface area contributed by atoms with Crippen molar-refractivity contribution in [1.29, 1.82) is 0 Å². The van der Waals surface area contributed by atoms with E-state index in [0.29, 0.717) is 17.9 Å². The lowest BCUT2D eigenvalue weighted by atomic mass is 10.2. The Morgan fingerprint density at radius 3 is 2.62 bits per heavy atom. The predicted molar refractivity (Wildman–Crippen MR) is 88.3 cm³/mol. The molecule has 0 atom stereocenters. The maximum absolute atomic E-state index is 13.6. The number of ether oxygens (including phenoxy) is 1. The number of rotatable bonds is 5. The first-order valence-corrected chi connectivity index (χ1v) is 7.38. The summed E-state index contributed by atoms with van der Waals surface area (Å²) in [5.74, 6) is 0.577. The van der Waals surface area contributed by atoms with Crippen LogP contribution in [-0.4, -0.2) is 15.5 Å². The molecule has 24 heavy (non-hydrogen) atoms. The Kier molecular flexibility index (Phi) is 4.56. The van der Waals surface area contributed by atoms with Gasteiger partial charge in [0.2, 0.25) is 0 Å². The number of nitrogens with one attached hydrogen (secondary N) is 1. The van der Waals surface area contributed by atoms with Crippen molar-refractivity contribution >= 4 is 11.6 Å². The van der Waals surface area contributed by atoms with Crippen molar-refractivity contribution < 1.29 is 13.9 Å². The fraction of sp³-hybridized carbons (Fsp3) is 0.111. The van der Waals surface area contributed by atoms with Gasteiger partial charge in [0.15, 0.2) is 0 Å². The summed E-state index contributed by atoms with van der Waals surface area (Å²) in [4.78, 5) is 16.3. The maximum atomic E-state index is 13.6. The minimum Gasteiger partial charge on any atom is -0.486 e. The zero-order valence-electron chi connectivity index (χ0n) is 13.1. The minimum atomic E-state index is -0.471. The second-order valence-corrected chi connectivity index (χ2v) is 5.20. The molecule has 0 aliphatic carbocycles. The van der Waals surface area contributed by atoms with E-state index in [0.717, 1.165) is 5.82 Å². The zero-order chi connectivity index (χ0) is 16.9.